The SMILES string of the molecule is Cc1cc(C)n2ccc(C(=O)NC(C)C34CC5CC(CC(C5)C3)C4)c2n1. The summed E-state index contributed by atoms with van der Waals surface area (Å²) in [5.74, 6) is 2.75. The second-order valence-corrected chi connectivity index (χ2v) is 9.44. The van der Waals surface area contributed by atoms with E-state index in [-0.39, 0.29) is 11.9 Å². The van der Waals surface area contributed by atoms with Crippen LogP contribution in [0.4, 0.5) is 0 Å². The highest BCUT2D eigenvalue weighted by molar-refractivity contribution is 6.00. The summed E-state index contributed by atoms with van der Waals surface area (Å²) in [5, 5.41) is 3.38. The van der Waals surface area contributed by atoms with Crippen LogP contribution in [-0.4, -0.2) is 21.3 Å². The molecule has 0 aliphatic heterocycles. The van der Waals surface area contributed by atoms with Gasteiger partial charge in [0.25, 0.3) is 5.91 Å². The summed E-state index contributed by atoms with van der Waals surface area (Å²) >= 11 is 0. The molecule has 4 aliphatic carbocycles. The second-order valence-electron chi connectivity index (χ2n) is 9.44. The van der Waals surface area contributed by atoms with E-state index >= 15 is 0 Å². The monoisotopic (exact) mass is 351 g/mol. The van der Waals surface area contributed by atoms with E-state index in [4.69, 9.17) is 0 Å². The molecule has 1 unspecified atom stereocenters. The highest BCUT2D eigenvalue weighted by Crippen LogP contribution is 2.61. The minimum atomic E-state index is 0.0354. The van der Waals surface area contributed by atoms with Crippen LogP contribution in [0.2, 0.25) is 0 Å². The van der Waals surface area contributed by atoms with Crippen molar-refractivity contribution in [3.05, 3.63) is 35.3 Å². The predicted molar refractivity (Wildman–Crippen MR) is 102 cm³/mol. The average molecular weight is 351 g/mol. The Labute approximate surface area is 155 Å². The van der Waals surface area contributed by atoms with Gasteiger partial charge in [-0.25, -0.2) is 4.98 Å². The number of aromatic nitrogens is 2. The largest absolute Gasteiger partial charge is 0.349 e. The third-order valence-electron chi connectivity index (χ3n) is 7.54. The molecule has 2 heterocycles. The molecule has 0 aromatic carbocycles. The number of fused-ring (bicyclic) bond motifs is 1. The van der Waals surface area contributed by atoms with E-state index in [1.807, 2.05) is 29.7 Å². The first-order chi connectivity index (χ1) is 12.4. The van der Waals surface area contributed by atoms with Gasteiger partial charge < -0.3 is 9.72 Å². The van der Waals surface area contributed by atoms with Crippen molar-refractivity contribution in [2.75, 3.05) is 0 Å². The third kappa shape index (κ3) is 2.41. The molecular weight excluding hydrogens is 322 g/mol. The molecule has 1 atom stereocenters. The molecule has 0 saturated heterocycles. The van der Waals surface area contributed by atoms with E-state index < -0.39 is 0 Å². The van der Waals surface area contributed by atoms with Crippen LogP contribution in [0.1, 0.15) is 67.2 Å². The summed E-state index contributed by atoms with van der Waals surface area (Å²) in [6.07, 6.45) is 10.2. The van der Waals surface area contributed by atoms with Gasteiger partial charge in [-0.15, -0.1) is 0 Å². The maximum atomic E-state index is 13.1. The summed E-state index contributed by atoms with van der Waals surface area (Å²) in [7, 11) is 0. The highest BCUT2D eigenvalue weighted by Gasteiger charge is 2.53. The molecule has 138 valence electrons. The van der Waals surface area contributed by atoms with Crippen molar-refractivity contribution in [3.63, 3.8) is 0 Å². The van der Waals surface area contributed by atoms with E-state index in [1.54, 1.807) is 0 Å². The lowest BCUT2D eigenvalue weighted by Gasteiger charge is -2.59. The molecule has 0 spiro atoms. The normalized spacial score (nSPS) is 33.6. The van der Waals surface area contributed by atoms with E-state index in [0.29, 0.717) is 11.0 Å². The molecule has 4 saturated carbocycles. The quantitative estimate of drug-likeness (QED) is 0.897. The molecule has 4 heteroatoms. The van der Waals surface area contributed by atoms with Gasteiger partial charge in [0.05, 0.1) is 5.56 Å². The first-order valence-corrected chi connectivity index (χ1v) is 10.2. The van der Waals surface area contributed by atoms with Crippen molar-refractivity contribution in [2.24, 2.45) is 23.2 Å². The number of aryl methyl sites for hydroxylation is 2. The number of carbonyl (C=O) groups excluding carboxylic acids is 1. The lowest BCUT2D eigenvalue weighted by molar-refractivity contribution is -0.0687. The van der Waals surface area contributed by atoms with Gasteiger partial charge in [0.1, 0.15) is 5.65 Å². The molecule has 1 amide bonds. The Morgan fingerprint density at radius 1 is 1.19 bits per heavy atom. The van der Waals surface area contributed by atoms with Gasteiger partial charge in [-0.05, 0) is 94.6 Å². The summed E-state index contributed by atoms with van der Waals surface area (Å²) in [6, 6.07) is 4.20. The number of amides is 1. The number of nitrogens with zero attached hydrogens (tertiary/aromatic N) is 2. The van der Waals surface area contributed by atoms with Crippen LogP contribution in [0, 0.1) is 37.0 Å². The molecule has 0 radical (unpaired) electrons. The molecule has 4 fully saturated rings. The second kappa shape index (κ2) is 5.58. The lowest BCUT2D eigenvalue weighted by Crippen LogP contribution is -2.55. The lowest BCUT2D eigenvalue weighted by atomic mass is 9.48. The van der Waals surface area contributed by atoms with Gasteiger partial charge in [0.2, 0.25) is 0 Å². The number of carbonyl (C=O) groups is 1. The van der Waals surface area contributed by atoms with Gasteiger partial charge in [0.15, 0.2) is 0 Å². The fraction of sp³-hybridized carbons (Fsp3) is 0.636. The molecule has 4 nitrogen and oxygen atoms in total. The van der Waals surface area contributed by atoms with Crippen LogP contribution >= 0.6 is 0 Å². The van der Waals surface area contributed by atoms with Crippen molar-refractivity contribution in [2.45, 2.75) is 65.3 Å². The fourth-order valence-electron chi connectivity index (χ4n) is 6.71. The third-order valence-corrected chi connectivity index (χ3v) is 7.54. The van der Waals surface area contributed by atoms with Crippen LogP contribution in [0.5, 0.6) is 0 Å². The fourth-order valence-corrected chi connectivity index (χ4v) is 6.71. The molecule has 26 heavy (non-hydrogen) atoms. The summed E-state index contributed by atoms with van der Waals surface area (Å²) in [5.41, 5.74) is 3.88. The summed E-state index contributed by atoms with van der Waals surface area (Å²) < 4.78 is 2.01. The Hall–Kier alpha value is -1.84. The topological polar surface area (TPSA) is 46.4 Å². The van der Waals surface area contributed by atoms with Crippen LogP contribution in [0.15, 0.2) is 18.3 Å². The Balaban J connectivity index is 1.41. The summed E-state index contributed by atoms with van der Waals surface area (Å²) in [6.45, 7) is 6.29. The van der Waals surface area contributed by atoms with Gasteiger partial charge in [0, 0.05) is 23.6 Å². The van der Waals surface area contributed by atoms with Gasteiger partial charge in [-0.3, -0.25) is 4.79 Å². The number of nitrogens with one attached hydrogen (secondary N) is 1. The smallest absolute Gasteiger partial charge is 0.255 e. The number of hydrogen-bond donors (Lipinski definition) is 1. The van der Waals surface area contributed by atoms with E-state index in [9.17, 15) is 4.79 Å². The Morgan fingerprint density at radius 3 is 2.42 bits per heavy atom. The number of rotatable bonds is 3. The molecule has 2 aromatic heterocycles. The van der Waals surface area contributed by atoms with Crippen molar-refractivity contribution in [1.82, 2.24) is 14.7 Å². The Kier molecular flexibility index (Phi) is 3.51. The predicted octanol–water partition coefficient (Wildman–Crippen LogP) is 4.29. The first kappa shape index (κ1) is 16.3. The molecule has 4 bridgehead atoms. The van der Waals surface area contributed by atoms with Crippen molar-refractivity contribution in [3.8, 4) is 0 Å². The molecule has 2 aromatic rings. The Bertz CT molecular complexity index is 846. The van der Waals surface area contributed by atoms with Crippen LogP contribution in [-0.2, 0) is 0 Å². The van der Waals surface area contributed by atoms with Crippen molar-refractivity contribution < 1.29 is 4.79 Å². The van der Waals surface area contributed by atoms with Gasteiger partial charge >= 0.3 is 0 Å². The zero-order valence-corrected chi connectivity index (χ0v) is 16.1. The minimum absolute atomic E-state index is 0.0354. The Morgan fingerprint density at radius 2 is 1.81 bits per heavy atom. The van der Waals surface area contributed by atoms with E-state index in [1.165, 1.54) is 38.5 Å². The highest BCUT2D eigenvalue weighted by atomic mass is 16.1. The molecule has 1 N–H and O–H groups in total. The maximum absolute atomic E-state index is 13.1. The average Bonchev–Trinajstić information content (AvgIpc) is 2.97. The number of hydrogen-bond acceptors (Lipinski definition) is 2. The zero-order chi connectivity index (χ0) is 18.1. The van der Waals surface area contributed by atoms with Crippen molar-refractivity contribution in [1.29, 1.82) is 0 Å². The zero-order valence-electron chi connectivity index (χ0n) is 16.1. The molecular formula is C22H29N3O. The van der Waals surface area contributed by atoms with Gasteiger partial charge in [-0.2, -0.15) is 0 Å². The van der Waals surface area contributed by atoms with E-state index in [2.05, 4.69) is 24.1 Å². The van der Waals surface area contributed by atoms with Crippen LogP contribution < -0.4 is 5.32 Å². The maximum Gasteiger partial charge on any atom is 0.255 e. The van der Waals surface area contributed by atoms with Gasteiger partial charge in [-0.1, -0.05) is 0 Å². The minimum Gasteiger partial charge on any atom is -0.349 e. The molecule has 6 rings (SSSR count). The standard InChI is InChI=1S/C22H29N3O/c1-13-6-14(2)25-5-4-19(20(25)23-13)21(26)24-15(3)22-10-16-7-17(11-22)9-18(8-16)12-22/h4-6,15-18H,7-12H2,1-3H3,(H,24,26). The van der Waals surface area contributed by atoms with Crippen LogP contribution in [0.3, 0.4) is 0 Å². The van der Waals surface area contributed by atoms with E-state index in [0.717, 1.165) is 34.8 Å². The first-order valence-electron chi connectivity index (χ1n) is 10.2. The van der Waals surface area contributed by atoms with Crippen molar-refractivity contribution >= 4 is 11.6 Å². The summed E-state index contributed by atoms with van der Waals surface area (Å²) in [4.78, 5) is 17.7. The molecule has 4 aliphatic rings. The van der Waals surface area contributed by atoms with Crippen LogP contribution in [0.25, 0.3) is 5.65 Å².